The van der Waals surface area contributed by atoms with Crippen LogP contribution in [0.3, 0.4) is 0 Å². The Morgan fingerprint density at radius 2 is 1.91 bits per heavy atom. The van der Waals surface area contributed by atoms with Crippen LogP contribution in [0.15, 0.2) is 46.3 Å². The van der Waals surface area contributed by atoms with Crippen molar-refractivity contribution in [1.82, 2.24) is 19.3 Å². The number of piperidine rings is 1. The average molecular weight is 640 g/mol. The van der Waals surface area contributed by atoms with Crippen LogP contribution in [0.2, 0.25) is 0 Å². The molecule has 1 aromatic heterocycles. The molecular weight excluding hydrogens is 598 g/mol. The number of hydrogen-bond donors (Lipinski definition) is 3. The fourth-order valence-electron chi connectivity index (χ4n) is 5.79. The van der Waals surface area contributed by atoms with Crippen molar-refractivity contribution in [2.24, 2.45) is 0 Å². The summed E-state index contributed by atoms with van der Waals surface area (Å²) in [4.78, 5) is 6.67. The molecule has 4 heterocycles. The van der Waals surface area contributed by atoms with Crippen molar-refractivity contribution in [3.63, 3.8) is 0 Å². The third-order valence-electron chi connectivity index (χ3n) is 8.26. The second-order valence-electron chi connectivity index (χ2n) is 11.5. The van der Waals surface area contributed by atoms with Crippen LogP contribution in [0.5, 0.6) is 11.6 Å². The zero-order valence-corrected chi connectivity index (χ0v) is 26.4. The Bertz CT molecular complexity index is 1500. The number of pyridine rings is 1. The zero-order valence-electron chi connectivity index (χ0n) is 24.7. The minimum atomic E-state index is -3.73. The van der Waals surface area contributed by atoms with E-state index in [0.717, 1.165) is 0 Å². The molecular formula is C28H41N5O8S2. The smallest absolute Gasteiger partial charge is 0.244 e. The molecule has 2 fully saturated rings. The summed E-state index contributed by atoms with van der Waals surface area (Å²) in [5, 5.41) is 13.8. The van der Waals surface area contributed by atoms with E-state index in [1.54, 1.807) is 18.2 Å². The van der Waals surface area contributed by atoms with Gasteiger partial charge in [0.1, 0.15) is 35.7 Å². The monoisotopic (exact) mass is 639 g/mol. The van der Waals surface area contributed by atoms with Gasteiger partial charge in [0.25, 0.3) is 0 Å². The van der Waals surface area contributed by atoms with E-state index in [1.165, 1.54) is 29.7 Å². The van der Waals surface area contributed by atoms with E-state index < -0.39 is 31.8 Å². The van der Waals surface area contributed by atoms with E-state index in [4.69, 9.17) is 14.2 Å². The number of sulfonamides is 2. The molecule has 0 amide bonds. The molecule has 2 saturated heterocycles. The Hall–Kier alpha value is -2.53. The summed E-state index contributed by atoms with van der Waals surface area (Å²) in [6.07, 6.45) is 2.41. The number of nitrogens with zero attached hydrogens (tertiary/aromatic N) is 3. The molecule has 1 spiro atoms. The highest BCUT2D eigenvalue weighted by atomic mass is 32.2. The van der Waals surface area contributed by atoms with Crippen LogP contribution in [0, 0.1) is 0 Å². The van der Waals surface area contributed by atoms with Crippen LogP contribution in [0.25, 0.3) is 0 Å². The highest BCUT2D eigenvalue weighted by Crippen LogP contribution is 2.38. The van der Waals surface area contributed by atoms with Gasteiger partial charge in [-0.25, -0.2) is 26.5 Å². The number of benzene rings is 1. The van der Waals surface area contributed by atoms with Crippen LogP contribution >= 0.6 is 0 Å². The van der Waals surface area contributed by atoms with Crippen molar-refractivity contribution in [1.29, 1.82) is 0 Å². The normalized spacial score (nSPS) is 21.5. The van der Waals surface area contributed by atoms with Gasteiger partial charge in [0, 0.05) is 37.8 Å². The largest absolute Gasteiger partial charge is 0.491 e. The quantitative estimate of drug-likeness (QED) is 0.321. The minimum Gasteiger partial charge on any atom is -0.491 e. The molecule has 3 aliphatic heterocycles. The van der Waals surface area contributed by atoms with Gasteiger partial charge >= 0.3 is 0 Å². The minimum absolute atomic E-state index is 0.00812. The van der Waals surface area contributed by atoms with Gasteiger partial charge in [0.2, 0.25) is 25.9 Å². The molecule has 0 aliphatic carbocycles. The van der Waals surface area contributed by atoms with E-state index in [9.17, 15) is 21.9 Å². The average Bonchev–Trinajstić information content (AvgIpc) is 3.40. The molecule has 1 unspecified atom stereocenters. The lowest BCUT2D eigenvalue weighted by molar-refractivity contribution is -0.0312. The number of hydrogen-bond acceptors (Lipinski definition) is 11. The maximum absolute atomic E-state index is 13.5. The van der Waals surface area contributed by atoms with E-state index in [0.29, 0.717) is 69.4 Å². The van der Waals surface area contributed by atoms with Crippen molar-refractivity contribution < 1.29 is 36.2 Å². The molecule has 238 valence electrons. The molecule has 1 aromatic carbocycles. The fourth-order valence-corrected chi connectivity index (χ4v) is 7.96. The SMILES string of the molecule is CNS(=O)(=O)c1cccc(OC[C@@H](O)CNC2COC3(CCN(S(=O)(=O)c4cnc5c(c4)N(C(C)C)CCO5)CC3)C2)c1. The zero-order chi connectivity index (χ0) is 30.8. The summed E-state index contributed by atoms with van der Waals surface area (Å²) >= 11 is 0. The Morgan fingerprint density at radius 1 is 1.14 bits per heavy atom. The Kier molecular flexibility index (Phi) is 9.51. The molecule has 3 N–H and O–H groups in total. The number of aromatic nitrogens is 1. The topological polar surface area (TPSA) is 160 Å². The highest BCUT2D eigenvalue weighted by Gasteiger charge is 2.45. The molecule has 0 saturated carbocycles. The van der Waals surface area contributed by atoms with E-state index >= 15 is 0 Å². The summed E-state index contributed by atoms with van der Waals surface area (Å²) in [6.45, 7) is 6.70. The number of rotatable bonds is 11. The number of aliphatic hydroxyl groups excluding tert-OH is 1. The van der Waals surface area contributed by atoms with Gasteiger partial charge in [-0.3, -0.25) is 0 Å². The van der Waals surface area contributed by atoms with E-state index in [2.05, 4.69) is 33.8 Å². The summed E-state index contributed by atoms with van der Waals surface area (Å²) in [5.74, 6) is 0.803. The first kappa shape index (κ1) is 31.9. The Labute approximate surface area is 253 Å². The van der Waals surface area contributed by atoms with Crippen LogP contribution in [0.4, 0.5) is 5.69 Å². The number of ether oxygens (including phenoxy) is 3. The van der Waals surface area contributed by atoms with Crippen LogP contribution in [-0.4, -0.2) is 108 Å². The van der Waals surface area contributed by atoms with Gasteiger partial charge in [0.15, 0.2) is 0 Å². The molecule has 3 aliphatic rings. The predicted molar refractivity (Wildman–Crippen MR) is 159 cm³/mol. The summed E-state index contributed by atoms with van der Waals surface area (Å²) in [6, 6.07) is 7.95. The van der Waals surface area contributed by atoms with Crippen molar-refractivity contribution in [3.8, 4) is 11.6 Å². The Morgan fingerprint density at radius 3 is 2.63 bits per heavy atom. The first-order valence-corrected chi connectivity index (χ1v) is 17.5. The summed E-state index contributed by atoms with van der Waals surface area (Å²) in [5.41, 5.74) is 0.285. The second kappa shape index (κ2) is 12.8. The van der Waals surface area contributed by atoms with Crippen LogP contribution in [0.1, 0.15) is 33.1 Å². The van der Waals surface area contributed by atoms with Crippen molar-refractivity contribution in [2.75, 3.05) is 57.9 Å². The lowest BCUT2D eigenvalue weighted by atomic mass is 9.88. The number of aliphatic hydroxyl groups is 1. The van der Waals surface area contributed by atoms with Gasteiger partial charge in [-0.15, -0.1) is 0 Å². The Balaban J connectivity index is 1.10. The third-order valence-corrected chi connectivity index (χ3v) is 11.5. The maximum Gasteiger partial charge on any atom is 0.244 e. The van der Waals surface area contributed by atoms with Gasteiger partial charge in [-0.05, 0) is 58.4 Å². The number of fused-ring (bicyclic) bond motifs is 1. The molecule has 2 aromatic rings. The molecule has 13 nitrogen and oxygen atoms in total. The fraction of sp³-hybridized carbons (Fsp3) is 0.607. The van der Waals surface area contributed by atoms with Gasteiger partial charge in [0.05, 0.1) is 29.8 Å². The van der Waals surface area contributed by atoms with E-state index in [-0.39, 0.29) is 35.0 Å². The van der Waals surface area contributed by atoms with Gasteiger partial charge in [-0.2, -0.15) is 4.31 Å². The number of anilines is 1. The lowest BCUT2D eigenvalue weighted by Crippen LogP contribution is -2.47. The second-order valence-corrected chi connectivity index (χ2v) is 15.3. The molecule has 43 heavy (non-hydrogen) atoms. The summed E-state index contributed by atoms with van der Waals surface area (Å²) in [7, 11) is -5.99. The van der Waals surface area contributed by atoms with Crippen molar-refractivity contribution >= 4 is 25.7 Å². The first-order chi connectivity index (χ1) is 20.4. The molecule has 0 bridgehead atoms. The standard InChI is InChI=1S/C28H41N5O8S2/c1-20(2)33-11-12-39-27-26(33)14-25(17-31-27)43(37,38)32-9-7-28(8-10-32)15-21(18-41-28)30-16-22(34)19-40-23-5-4-6-24(13-23)42(35,36)29-3/h4-6,13-14,17,20-22,29-30,34H,7-12,15-16,18-19H2,1-3H3/t21?,22-/m0/s1. The van der Waals surface area contributed by atoms with E-state index in [1.807, 2.05) is 0 Å². The maximum atomic E-state index is 13.5. The summed E-state index contributed by atoms with van der Waals surface area (Å²) < 4.78 is 72.3. The molecule has 2 atom stereocenters. The highest BCUT2D eigenvalue weighted by molar-refractivity contribution is 7.89. The molecule has 15 heteroatoms. The number of nitrogens with one attached hydrogen (secondary N) is 2. The van der Waals surface area contributed by atoms with Gasteiger partial charge < -0.3 is 29.5 Å². The lowest BCUT2D eigenvalue weighted by Gasteiger charge is -2.38. The predicted octanol–water partition coefficient (Wildman–Crippen LogP) is 0.939. The van der Waals surface area contributed by atoms with Crippen LogP contribution < -0.4 is 24.4 Å². The van der Waals surface area contributed by atoms with Gasteiger partial charge in [-0.1, -0.05) is 6.07 Å². The molecule has 0 radical (unpaired) electrons. The molecule has 5 rings (SSSR count). The van der Waals surface area contributed by atoms with Crippen molar-refractivity contribution in [3.05, 3.63) is 36.5 Å². The van der Waals surface area contributed by atoms with Crippen LogP contribution in [-0.2, 0) is 24.8 Å². The van der Waals surface area contributed by atoms with Crippen molar-refractivity contribution in [2.45, 2.75) is 66.7 Å². The third kappa shape index (κ3) is 7.08. The first-order valence-electron chi connectivity index (χ1n) is 14.5.